The highest BCUT2D eigenvalue weighted by atomic mass is 19.4. The smallest absolute Gasteiger partial charge is 0.471 e. The van der Waals surface area contributed by atoms with Gasteiger partial charge in [0.1, 0.15) is 11.8 Å². The number of nitro groups is 1. The molecule has 6 nitrogen and oxygen atoms in total. The first kappa shape index (κ1) is 25.2. The molecule has 9 heteroatoms. The van der Waals surface area contributed by atoms with Gasteiger partial charge >= 0.3 is 12.1 Å². The Bertz CT molecular complexity index is 927. The van der Waals surface area contributed by atoms with Gasteiger partial charge in [-0.2, -0.15) is 13.2 Å². The van der Waals surface area contributed by atoms with Gasteiger partial charge in [0.2, 0.25) is 6.04 Å². The lowest BCUT2D eigenvalue weighted by molar-refractivity contribution is -0.535. The van der Waals surface area contributed by atoms with E-state index >= 15 is 0 Å². The van der Waals surface area contributed by atoms with Crippen molar-refractivity contribution in [2.75, 3.05) is 7.11 Å². The third kappa shape index (κ3) is 6.45. The Kier molecular flexibility index (Phi) is 7.87. The molecular weight excluding hydrogens is 425 g/mol. The van der Waals surface area contributed by atoms with E-state index in [1.807, 2.05) is 0 Å². The quantitative estimate of drug-likeness (QED) is 0.397. The van der Waals surface area contributed by atoms with Crippen molar-refractivity contribution in [2.24, 2.45) is 5.41 Å². The fourth-order valence-corrected chi connectivity index (χ4v) is 3.67. The van der Waals surface area contributed by atoms with Gasteiger partial charge in [-0.05, 0) is 17.0 Å². The zero-order valence-corrected chi connectivity index (χ0v) is 18.4. The van der Waals surface area contributed by atoms with E-state index in [0.29, 0.717) is 10.5 Å². The summed E-state index contributed by atoms with van der Waals surface area (Å²) in [6, 6.07) is 11.3. The highest BCUT2D eigenvalue weighted by Gasteiger charge is 2.50. The van der Waals surface area contributed by atoms with Crippen molar-refractivity contribution in [1.29, 1.82) is 0 Å². The topological polar surface area (TPSA) is 72.7 Å². The molecule has 2 atom stereocenters. The van der Waals surface area contributed by atoms with E-state index in [1.165, 1.54) is 25.3 Å². The first-order valence-corrected chi connectivity index (χ1v) is 10.0. The molecule has 0 bridgehead atoms. The molecule has 1 amide bonds. The first-order valence-electron chi connectivity index (χ1n) is 10.0. The van der Waals surface area contributed by atoms with Crippen LogP contribution in [0.15, 0.2) is 54.6 Å². The maximum Gasteiger partial charge on any atom is 0.471 e. The van der Waals surface area contributed by atoms with Crippen molar-refractivity contribution in [3.63, 3.8) is 0 Å². The van der Waals surface area contributed by atoms with Crippen molar-refractivity contribution in [3.05, 3.63) is 75.8 Å². The Morgan fingerprint density at radius 2 is 1.62 bits per heavy atom. The molecule has 0 saturated carbocycles. The number of halogens is 3. The molecule has 0 saturated heterocycles. The Morgan fingerprint density at radius 3 is 2.12 bits per heavy atom. The van der Waals surface area contributed by atoms with Crippen LogP contribution in [0, 0.1) is 15.5 Å². The molecule has 0 N–H and O–H groups in total. The Balaban J connectivity index is 2.70. The predicted molar refractivity (Wildman–Crippen MR) is 114 cm³/mol. The fourth-order valence-electron chi connectivity index (χ4n) is 3.67. The molecule has 174 valence electrons. The number of carbonyl (C=O) groups excluding carboxylic acids is 1. The Labute approximate surface area is 185 Å². The second-order valence-corrected chi connectivity index (χ2v) is 8.72. The van der Waals surface area contributed by atoms with E-state index < -0.39 is 41.1 Å². The SMILES string of the molecule is COc1ccccc1CN(C(=O)C(F)(F)F)[C@@H](c1ccccc1)[C@@H](CC(C)(C)C)[N+](=O)[O-]. The lowest BCUT2D eigenvalue weighted by atomic mass is 9.83. The molecule has 0 unspecified atom stereocenters. The van der Waals surface area contributed by atoms with Crippen molar-refractivity contribution in [1.82, 2.24) is 4.90 Å². The third-order valence-electron chi connectivity index (χ3n) is 4.97. The van der Waals surface area contributed by atoms with E-state index in [9.17, 15) is 28.1 Å². The number of hydrogen-bond donors (Lipinski definition) is 0. The fraction of sp³-hybridized carbons (Fsp3) is 0.435. The zero-order chi connectivity index (χ0) is 24.1. The van der Waals surface area contributed by atoms with Crippen LogP contribution in [0.2, 0.25) is 0 Å². The molecule has 0 aliphatic rings. The molecule has 2 aromatic rings. The van der Waals surface area contributed by atoms with E-state index in [-0.39, 0.29) is 17.7 Å². The highest BCUT2D eigenvalue weighted by molar-refractivity contribution is 5.82. The van der Waals surface area contributed by atoms with Gasteiger partial charge in [0.25, 0.3) is 0 Å². The Hall–Kier alpha value is -3.10. The number of hydrogen-bond acceptors (Lipinski definition) is 4. The summed E-state index contributed by atoms with van der Waals surface area (Å²) < 4.78 is 46.2. The monoisotopic (exact) mass is 452 g/mol. The van der Waals surface area contributed by atoms with Crippen LogP contribution in [-0.2, 0) is 11.3 Å². The lowest BCUT2D eigenvalue weighted by Gasteiger charge is -2.36. The summed E-state index contributed by atoms with van der Waals surface area (Å²) in [5.74, 6) is -1.86. The largest absolute Gasteiger partial charge is 0.496 e. The third-order valence-corrected chi connectivity index (χ3v) is 4.97. The minimum absolute atomic E-state index is 0.0346. The number of methoxy groups -OCH3 is 1. The van der Waals surface area contributed by atoms with E-state index in [2.05, 4.69) is 0 Å². The molecule has 0 heterocycles. The van der Waals surface area contributed by atoms with E-state index in [1.54, 1.807) is 57.2 Å². The van der Waals surface area contributed by atoms with Crippen LogP contribution < -0.4 is 4.74 Å². The number of rotatable bonds is 8. The summed E-state index contributed by atoms with van der Waals surface area (Å²) in [4.78, 5) is 24.7. The van der Waals surface area contributed by atoms with Gasteiger partial charge in [-0.1, -0.05) is 69.3 Å². The molecule has 0 aliphatic carbocycles. The molecule has 0 aliphatic heterocycles. The number of para-hydroxylation sites is 1. The maximum absolute atomic E-state index is 13.7. The second-order valence-electron chi connectivity index (χ2n) is 8.72. The summed E-state index contributed by atoms with van der Waals surface area (Å²) in [7, 11) is 1.36. The van der Waals surface area contributed by atoms with E-state index in [0.717, 1.165) is 0 Å². The number of amides is 1. The van der Waals surface area contributed by atoms with Crippen LogP contribution in [0.3, 0.4) is 0 Å². The Morgan fingerprint density at radius 1 is 1.06 bits per heavy atom. The van der Waals surface area contributed by atoms with Crippen molar-refractivity contribution in [3.8, 4) is 5.75 Å². The summed E-state index contributed by atoms with van der Waals surface area (Å²) >= 11 is 0. The molecule has 0 radical (unpaired) electrons. The standard InChI is InChI=1S/C23H27F3N2O4/c1-22(2,3)14-18(28(30)31)20(16-10-6-5-7-11-16)27(21(29)23(24,25)26)15-17-12-8-9-13-19(17)32-4/h5-13,18,20H,14-15H2,1-4H3/t18-,20+/m1/s1. The summed E-state index contributed by atoms with van der Waals surface area (Å²) in [6.45, 7) is 4.79. The van der Waals surface area contributed by atoms with Crippen LogP contribution >= 0.6 is 0 Å². The zero-order valence-electron chi connectivity index (χ0n) is 18.4. The normalized spacial score (nSPS) is 13.8. The summed E-state index contributed by atoms with van der Waals surface area (Å²) in [5.41, 5.74) is -0.000330. The van der Waals surface area contributed by atoms with Crippen LogP contribution in [0.25, 0.3) is 0 Å². The molecule has 0 fully saturated rings. The molecule has 0 aromatic heterocycles. The molecule has 0 spiro atoms. The maximum atomic E-state index is 13.7. The first-order chi connectivity index (χ1) is 14.8. The number of benzene rings is 2. The lowest BCUT2D eigenvalue weighted by Crippen LogP contribution is -2.49. The van der Waals surface area contributed by atoms with Gasteiger partial charge in [-0.15, -0.1) is 0 Å². The number of ether oxygens (including phenoxy) is 1. The number of carbonyl (C=O) groups is 1. The van der Waals surface area contributed by atoms with Crippen molar-refractivity contribution in [2.45, 2.75) is 52.0 Å². The highest BCUT2D eigenvalue weighted by Crippen LogP contribution is 2.37. The van der Waals surface area contributed by atoms with Crippen molar-refractivity contribution < 1.29 is 27.6 Å². The minimum atomic E-state index is -5.21. The van der Waals surface area contributed by atoms with Crippen LogP contribution in [-0.4, -0.2) is 35.1 Å². The van der Waals surface area contributed by atoms with Gasteiger partial charge in [0, 0.05) is 16.9 Å². The van der Waals surface area contributed by atoms with Crippen LogP contribution in [0.1, 0.15) is 44.4 Å². The summed E-state index contributed by atoms with van der Waals surface area (Å²) in [6.07, 6.45) is -5.24. The van der Waals surface area contributed by atoms with Gasteiger partial charge in [0.05, 0.1) is 13.7 Å². The van der Waals surface area contributed by atoms with Gasteiger partial charge in [-0.25, -0.2) is 0 Å². The molecule has 2 rings (SSSR count). The number of nitrogens with zero attached hydrogens (tertiary/aromatic N) is 2. The minimum Gasteiger partial charge on any atom is -0.496 e. The molecule has 2 aromatic carbocycles. The summed E-state index contributed by atoms with van der Waals surface area (Å²) in [5, 5.41) is 12.1. The van der Waals surface area contributed by atoms with Crippen LogP contribution in [0.4, 0.5) is 13.2 Å². The average molecular weight is 452 g/mol. The molecular formula is C23H27F3N2O4. The van der Waals surface area contributed by atoms with Crippen LogP contribution in [0.5, 0.6) is 5.75 Å². The van der Waals surface area contributed by atoms with Crippen molar-refractivity contribution >= 4 is 5.91 Å². The predicted octanol–water partition coefficient (Wildman–Crippen LogP) is 5.41. The molecule has 32 heavy (non-hydrogen) atoms. The second kappa shape index (κ2) is 10.0. The van der Waals surface area contributed by atoms with Gasteiger partial charge < -0.3 is 9.64 Å². The number of alkyl halides is 3. The average Bonchev–Trinajstić information content (AvgIpc) is 2.71. The van der Waals surface area contributed by atoms with Gasteiger partial charge in [0.15, 0.2) is 0 Å². The van der Waals surface area contributed by atoms with E-state index in [4.69, 9.17) is 4.74 Å². The van der Waals surface area contributed by atoms with Gasteiger partial charge in [-0.3, -0.25) is 14.9 Å².